The number of nitrogens with zero attached hydrogens (tertiary/aromatic N) is 1. The Labute approximate surface area is 277 Å². The van der Waals surface area contributed by atoms with E-state index in [1.54, 1.807) is 12.1 Å². The van der Waals surface area contributed by atoms with Crippen molar-refractivity contribution < 1.29 is 9.21 Å². The molecule has 0 saturated heterocycles. The molecule has 0 bridgehead atoms. The van der Waals surface area contributed by atoms with Crippen molar-refractivity contribution in [1.82, 2.24) is 21.3 Å². The lowest BCUT2D eigenvalue weighted by atomic mass is 9.91. The highest BCUT2D eigenvalue weighted by Crippen LogP contribution is 2.28. The van der Waals surface area contributed by atoms with Gasteiger partial charge in [-0.3, -0.25) is 4.79 Å². The molecule has 3 aromatic carbocycles. The van der Waals surface area contributed by atoms with Crippen LogP contribution >= 0.6 is 11.6 Å². The predicted octanol–water partition coefficient (Wildman–Crippen LogP) is 7.09. The van der Waals surface area contributed by atoms with Gasteiger partial charge in [-0.1, -0.05) is 53.6 Å². The maximum Gasteiger partial charge on any atom is 0.253 e. The van der Waals surface area contributed by atoms with E-state index in [4.69, 9.17) is 16.0 Å². The molecule has 4 aromatic rings. The standard InChI is InChI=1S/C38H44ClN5O2/c1-25-4-10-29(11-5-25)26(2)42-24-34-17-19-37(46-34)30-12-18-36(39)35(21-30)38(45)44-33(20-27-6-8-28(22-40)9-7-27)23-43-32-15-13-31(41-3)14-16-32/h4-12,17-19,21,26,31-33,41-43H,13-16,20,23-24H2,1-3H3,(H,44,45)/t26-,31-,32+,33-/m1/s1. The topological polar surface area (TPSA) is 102 Å². The van der Waals surface area contributed by atoms with Gasteiger partial charge < -0.3 is 25.7 Å². The number of furan rings is 1. The molecule has 4 N–H and O–H groups in total. The molecule has 0 aliphatic heterocycles. The zero-order valence-electron chi connectivity index (χ0n) is 26.9. The van der Waals surface area contributed by atoms with Gasteiger partial charge in [-0.2, -0.15) is 5.26 Å². The highest BCUT2D eigenvalue weighted by atomic mass is 35.5. The van der Waals surface area contributed by atoms with Gasteiger partial charge in [-0.25, -0.2) is 0 Å². The van der Waals surface area contributed by atoms with Crippen LogP contribution in [0, 0.1) is 18.3 Å². The molecule has 2 atom stereocenters. The molecule has 1 fully saturated rings. The molecule has 46 heavy (non-hydrogen) atoms. The van der Waals surface area contributed by atoms with E-state index in [9.17, 15) is 10.1 Å². The Bertz CT molecular complexity index is 1620. The average molecular weight is 638 g/mol. The van der Waals surface area contributed by atoms with E-state index in [1.807, 2.05) is 49.5 Å². The van der Waals surface area contributed by atoms with E-state index < -0.39 is 0 Å². The quantitative estimate of drug-likeness (QED) is 0.125. The molecule has 0 unspecified atom stereocenters. The number of nitrogens with one attached hydrogen (secondary N) is 4. The summed E-state index contributed by atoms with van der Waals surface area (Å²) in [6.07, 6.45) is 5.10. The molecule has 0 radical (unpaired) electrons. The van der Waals surface area contributed by atoms with E-state index >= 15 is 0 Å². The summed E-state index contributed by atoms with van der Waals surface area (Å²) in [4.78, 5) is 13.7. The molecular weight excluding hydrogens is 594 g/mol. The van der Waals surface area contributed by atoms with Crippen molar-refractivity contribution in [2.75, 3.05) is 13.6 Å². The Hall–Kier alpha value is -3.93. The second-order valence-corrected chi connectivity index (χ2v) is 12.8. The normalized spacial score (nSPS) is 17.6. The minimum atomic E-state index is -0.230. The van der Waals surface area contributed by atoms with Gasteiger partial charge in [-0.15, -0.1) is 0 Å². The van der Waals surface area contributed by atoms with Crippen LogP contribution in [0.1, 0.15) is 77.0 Å². The summed E-state index contributed by atoms with van der Waals surface area (Å²) < 4.78 is 6.18. The molecule has 1 aromatic heterocycles. The maximum atomic E-state index is 13.7. The van der Waals surface area contributed by atoms with E-state index in [0.29, 0.717) is 53.5 Å². The SMILES string of the molecule is CN[C@H]1CC[C@@H](NC[C@@H](Cc2ccc(C#N)cc2)NC(=O)c2cc(-c3ccc(CN[C@H](C)c4ccc(C)cc4)o3)ccc2Cl)CC1. The fourth-order valence-corrected chi connectivity index (χ4v) is 6.24. The Morgan fingerprint density at radius 2 is 1.70 bits per heavy atom. The molecule has 240 valence electrons. The summed E-state index contributed by atoms with van der Waals surface area (Å²) in [5, 5.41) is 23.5. The lowest BCUT2D eigenvalue weighted by Gasteiger charge is -2.30. The first-order chi connectivity index (χ1) is 22.3. The fourth-order valence-electron chi connectivity index (χ4n) is 6.04. The van der Waals surface area contributed by atoms with Gasteiger partial charge in [0.1, 0.15) is 11.5 Å². The molecule has 0 spiro atoms. The molecule has 1 amide bonds. The van der Waals surface area contributed by atoms with Crippen molar-refractivity contribution >= 4 is 17.5 Å². The Kier molecular flexibility index (Phi) is 11.7. The number of benzene rings is 3. The van der Waals surface area contributed by atoms with Crippen LogP contribution in [0.15, 0.2) is 83.3 Å². The van der Waals surface area contributed by atoms with Crippen LogP contribution in [0.25, 0.3) is 11.3 Å². The number of rotatable bonds is 13. The van der Waals surface area contributed by atoms with E-state index in [-0.39, 0.29) is 18.0 Å². The van der Waals surface area contributed by atoms with E-state index in [2.05, 4.69) is 65.4 Å². The first kappa shape index (κ1) is 33.4. The van der Waals surface area contributed by atoms with Gasteiger partial charge in [0.15, 0.2) is 0 Å². The third kappa shape index (κ3) is 9.08. The van der Waals surface area contributed by atoms with Gasteiger partial charge >= 0.3 is 0 Å². The van der Waals surface area contributed by atoms with Crippen LogP contribution < -0.4 is 21.3 Å². The molecular formula is C38H44ClN5O2. The summed E-state index contributed by atoms with van der Waals surface area (Å²) in [6, 6.07) is 28.5. The van der Waals surface area contributed by atoms with Crippen molar-refractivity contribution in [2.24, 2.45) is 0 Å². The van der Waals surface area contributed by atoms with Crippen LogP contribution in [0.2, 0.25) is 5.02 Å². The van der Waals surface area contributed by atoms with Crippen LogP contribution in [0.5, 0.6) is 0 Å². The highest BCUT2D eigenvalue weighted by molar-refractivity contribution is 6.34. The van der Waals surface area contributed by atoms with Gasteiger partial charge in [0.05, 0.1) is 28.8 Å². The molecule has 1 saturated carbocycles. The second-order valence-electron chi connectivity index (χ2n) is 12.4. The number of halogens is 1. The number of aryl methyl sites for hydroxylation is 1. The molecule has 1 heterocycles. The fraction of sp³-hybridized carbons (Fsp3) is 0.368. The lowest BCUT2D eigenvalue weighted by molar-refractivity contribution is 0.0935. The first-order valence-electron chi connectivity index (χ1n) is 16.2. The van der Waals surface area contributed by atoms with Crippen LogP contribution in [0.3, 0.4) is 0 Å². The minimum absolute atomic E-state index is 0.168. The van der Waals surface area contributed by atoms with Crippen molar-refractivity contribution in [1.29, 1.82) is 5.26 Å². The number of hydrogen-bond donors (Lipinski definition) is 4. The monoisotopic (exact) mass is 637 g/mol. The van der Waals surface area contributed by atoms with Gasteiger partial charge in [0, 0.05) is 36.3 Å². The predicted molar refractivity (Wildman–Crippen MR) is 185 cm³/mol. The molecule has 7 nitrogen and oxygen atoms in total. The van der Waals surface area contributed by atoms with Crippen LogP contribution in [-0.4, -0.2) is 37.6 Å². The largest absolute Gasteiger partial charge is 0.460 e. The first-order valence-corrected chi connectivity index (χ1v) is 16.6. The van der Waals surface area contributed by atoms with Gasteiger partial charge in [0.2, 0.25) is 0 Å². The summed E-state index contributed by atoms with van der Waals surface area (Å²) >= 11 is 6.59. The van der Waals surface area contributed by atoms with Crippen molar-refractivity contribution in [3.63, 3.8) is 0 Å². The number of carbonyl (C=O) groups is 1. The third-order valence-electron chi connectivity index (χ3n) is 9.01. The summed E-state index contributed by atoms with van der Waals surface area (Å²) in [5.74, 6) is 1.26. The van der Waals surface area contributed by atoms with Crippen LogP contribution in [-0.2, 0) is 13.0 Å². The highest BCUT2D eigenvalue weighted by Gasteiger charge is 2.23. The van der Waals surface area contributed by atoms with Gasteiger partial charge in [-0.05, 0) is 107 Å². The molecule has 1 aliphatic rings. The van der Waals surface area contributed by atoms with E-state index in [1.165, 1.54) is 11.1 Å². The Balaban J connectivity index is 1.25. The zero-order valence-corrected chi connectivity index (χ0v) is 27.7. The lowest BCUT2D eigenvalue weighted by Crippen LogP contribution is -2.47. The summed E-state index contributed by atoms with van der Waals surface area (Å²) in [7, 11) is 2.03. The molecule has 8 heteroatoms. The van der Waals surface area contributed by atoms with Crippen molar-refractivity contribution in [2.45, 2.75) is 76.7 Å². The van der Waals surface area contributed by atoms with Gasteiger partial charge in [0.25, 0.3) is 5.91 Å². The smallest absolute Gasteiger partial charge is 0.253 e. The Morgan fingerprint density at radius 3 is 2.39 bits per heavy atom. The molecule has 1 aliphatic carbocycles. The number of nitriles is 1. The number of carbonyl (C=O) groups excluding carboxylic acids is 1. The average Bonchev–Trinajstić information content (AvgIpc) is 3.56. The maximum absolute atomic E-state index is 13.7. The minimum Gasteiger partial charge on any atom is -0.460 e. The summed E-state index contributed by atoms with van der Waals surface area (Å²) in [5.41, 5.74) is 5.32. The van der Waals surface area contributed by atoms with Crippen molar-refractivity contribution in [3.05, 3.63) is 117 Å². The van der Waals surface area contributed by atoms with Crippen LogP contribution in [0.4, 0.5) is 0 Å². The van der Waals surface area contributed by atoms with E-state index in [0.717, 1.165) is 42.6 Å². The van der Waals surface area contributed by atoms with Crippen molar-refractivity contribution in [3.8, 4) is 17.4 Å². The number of hydrogen-bond acceptors (Lipinski definition) is 6. The summed E-state index contributed by atoms with van der Waals surface area (Å²) in [6.45, 7) is 5.43. The zero-order chi connectivity index (χ0) is 32.5. The third-order valence-corrected chi connectivity index (χ3v) is 9.34. The molecule has 5 rings (SSSR count). The Morgan fingerprint density at radius 1 is 0.978 bits per heavy atom. The second kappa shape index (κ2) is 16.1. The number of amides is 1.